The van der Waals surface area contributed by atoms with Crippen LogP contribution < -0.4 is 5.32 Å². The summed E-state index contributed by atoms with van der Waals surface area (Å²) in [6, 6.07) is 4.01. The fourth-order valence-corrected chi connectivity index (χ4v) is 1.80. The molecular formula is C11H19IN2O. The van der Waals surface area contributed by atoms with E-state index >= 15 is 0 Å². The van der Waals surface area contributed by atoms with E-state index in [0.29, 0.717) is 0 Å². The zero-order valence-corrected chi connectivity index (χ0v) is 11.6. The van der Waals surface area contributed by atoms with E-state index in [1.54, 1.807) is 0 Å². The fraction of sp³-hybridized carbons (Fsp3) is 0.636. The van der Waals surface area contributed by atoms with Crippen molar-refractivity contribution in [1.82, 2.24) is 10.2 Å². The van der Waals surface area contributed by atoms with Gasteiger partial charge in [0.05, 0.1) is 6.54 Å². The molecule has 1 rings (SSSR count). The second-order valence-corrected chi connectivity index (χ2v) is 4.96. The van der Waals surface area contributed by atoms with Crippen LogP contribution in [0, 0.1) is 3.77 Å². The fourth-order valence-electron chi connectivity index (χ4n) is 1.34. The van der Waals surface area contributed by atoms with Gasteiger partial charge in [0.15, 0.2) is 3.77 Å². The molecule has 0 unspecified atom stereocenters. The van der Waals surface area contributed by atoms with Gasteiger partial charge in [-0.3, -0.25) is 0 Å². The summed E-state index contributed by atoms with van der Waals surface area (Å²) < 4.78 is 6.40. The summed E-state index contributed by atoms with van der Waals surface area (Å²) >= 11 is 2.18. The van der Waals surface area contributed by atoms with Crippen LogP contribution in [0.1, 0.15) is 18.6 Å². The number of furan rings is 1. The Balaban J connectivity index is 1.98. The molecule has 0 aromatic carbocycles. The van der Waals surface area contributed by atoms with Crippen molar-refractivity contribution in [3.63, 3.8) is 0 Å². The summed E-state index contributed by atoms with van der Waals surface area (Å²) in [7, 11) is 4.22. The maximum atomic E-state index is 5.44. The Morgan fingerprint density at radius 3 is 2.73 bits per heavy atom. The monoisotopic (exact) mass is 322 g/mol. The number of rotatable bonds is 7. The van der Waals surface area contributed by atoms with E-state index in [9.17, 15) is 0 Å². The quantitative estimate of drug-likeness (QED) is 0.617. The molecule has 0 aliphatic carbocycles. The molecule has 0 aliphatic heterocycles. The van der Waals surface area contributed by atoms with E-state index in [4.69, 9.17) is 4.42 Å². The Hall–Kier alpha value is -0.0700. The van der Waals surface area contributed by atoms with Crippen LogP contribution in [0.25, 0.3) is 0 Å². The van der Waals surface area contributed by atoms with Crippen molar-refractivity contribution in [1.29, 1.82) is 0 Å². The van der Waals surface area contributed by atoms with Gasteiger partial charge in [-0.15, -0.1) is 0 Å². The third-order valence-corrected chi connectivity index (χ3v) is 2.72. The average molecular weight is 322 g/mol. The Bertz CT molecular complexity index is 273. The molecule has 1 heterocycles. The smallest absolute Gasteiger partial charge is 0.164 e. The molecule has 0 amide bonds. The van der Waals surface area contributed by atoms with Crippen LogP contribution in [0.15, 0.2) is 16.5 Å². The summed E-state index contributed by atoms with van der Waals surface area (Å²) in [5, 5.41) is 3.37. The second-order valence-electron chi connectivity index (χ2n) is 3.89. The van der Waals surface area contributed by atoms with Gasteiger partial charge in [-0.1, -0.05) is 0 Å². The highest BCUT2D eigenvalue weighted by atomic mass is 127. The predicted octanol–water partition coefficient (Wildman–Crippen LogP) is 2.32. The Kier molecular flexibility index (Phi) is 6.28. The van der Waals surface area contributed by atoms with Gasteiger partial charge < -0.3 is 14.6 Å². The van der Waals surface area contributed by atoms with Crippen LogP contribution >= 0.6 is 22.6 Å². The molecule has 3 nitrogen and oxygen atoms in total. The summed E-state index contributed by atoms with van der Waals surface area (Å²) in [6.07, 6.45) is 2.46. The molecule has 0 bridgehead atoms. The molecular weight excluding hydrogens is 303 g/mol. The zero-order valence-electron chi connectivity index (χ0n) is 9.42. The minimum absolute atomic E-state index is 0.838. The largest absolute Gasteiger partial charge is 0.454 e. The van der Waals surface area contributed by atoms with Crippen molar-refractivity contribution in [2.75, 3.05) is 27.2 Å². The van der Waals surface area contributed by atoms with E-state index in [1.165, 1.54) is 19.4 Å². The van der Waals surface area contributed by atoms with Crippen LogP contribution in [-0.2, 0) is 6.54 Å². The van der Waals surface area contributed by atoms with Gasteiger partial charge >= 0.3 is 0 Å². The second kappa shape index (κ2) is 7.24. The molecule has 0 saturated carbocycles. The van der Waals surface area contributed by atoms with Gasteiger partial charge in [-0.05, 0) is 74.8 Å². The van der Waals surface area contributed by atoms with Crippen molar-refractivity contribution in [2.45, 2.75) is 19.4 Å². The lowest BCUT2D eigenvalue weighted by Gasteiger charge is -2.08. The number of halogens is 1. The minimum atomic E-state index is 0.838. The lowest BCUT2D eigenvalue weighted by atomic mass is 10.3. The molecule has 15 heavy (non-hydrogen) atoms. The number of nitrogens with one attached hydrogen (secondary N) is 1. The molecule has 0 aliphatic rings. The molecule has 1 aromatic rings. The molecule has 1 aromatic heterocycles. The summed E-state index contributed by atoms with van der Waals surface area (Å²) in [6.45, 7) is 3.07. The highest BCUT2D eigenvalue weighted by Crippen LogP contribution is 2.09. The normalized spacial score (nSPS) is 11.2. The van der Waals surface area contributed by atoms with Gasteiger partial charge in [0.25, 0.3) is 0 Å². The Morgan fingerprint density at radius 1 is 1.33 bits per heavy atom. The van der Waals surface area contributed by atoms with Crippen LogP contribution in [0.5, 0.6) is 0 Å². The molecule has 86 valence electrons. The first-order valence-corrected chi connectivity index (χ1v) is 6.36. The molecule has 0 radical (unpaired) electrons. The molecule has 1 N–H and O–H groups in total. The van der Waals surface area contributed by atoms with Gasteiger partial charge in [0.2, 0.25) is 0 Å². The van der Waals surface area contributed by atoms with E-state index in [1.807, 2.05) is 12.1 Å². The first kappa shape index (κ1) is 13.0. The molecule has 0 fully saturated rings. The maximum absolute atomic E-state index is 5.44. The SMILES string of the molecule is CN(C)CCCCNCc1ccc(I)o1. The van der Waals surface area contributed by atoms with Gasteiger partial charge in [-0.25, -0.2) is 0 Å². The first-order valence-electron chi connectivity index (χ1n) is 5.28. The van der Waals surface area contributed by atoms with E-state index < -0.39 is 0 Å². The van der Waals surface area contributed by atoms with Crippen molar-refractivity contribution in [3.8, 4) is 0 Å². The lowest BCUT2D eigenvalue weighted by molar-refractivity contribution is 0.389. The Labute approximate surface area is 105 Å². The minimum Gasteiger partial charge on any atom is -0.454 e. The summed E-state index contributed by atoms with van der Waals surface area (Å²) in [5.41, 5.74) is 0. The topological polar surface area (TPSA) is 28.4 Å². The Morgan fingerprint density at radius 2 is 2.13 bits per heavy atom. The van der Waals surface area contributed by atoms with E-state index in [2.05, 4.69) is 46.9 Å². The lowest BCUT2D eigenvalue weighted by Crippen LogP contribution is -2.17. The summed E-state index contributed by atoms with van der Waals surface area (Å²) in [5.74, 6) is 1.02. The average Bonchev–Trinajstić information content (AvgIpc) is 2.57. The molecule has 4 heteroatoms. The van der Waals surface area contributed by atoms with Crippen molar-refractivity contribution in [3.05, 3.63) is 21.7 Å². The predicted molar refractivity (Wildman–Crippen MR) is 70.9 cm³/mol. The number of unbranched alkanes of at least 4 members (excludes halogenated alkanes) is 1. The molecule has 0 saturated heterocycles. The zero-order chi connectivity index (χ0) is 11.1. The van der Waals surface area contributed by atoms with Crippen molar-refractivity contribution >= 4 is 22.6 Å². The van der Waals surface area contributed by atoms with E-state index in [-0.39, 0.29) is 0 Å². The van der Waals surface area contributed by atoms with Crippen LogP contribution in [0.3, 0.4) is 0 Å². The van der Waals surface area contributed by atoms with Gasteiger partial charge in [0.1, 0.15) is 5.76 Å². The number of nitrogens with zero attached hydrogens (tertiary/aromatic N) is 1. The number of hydrogen-bond acceptors (Lipinski definition) is 3. The van der Waals surface area contributed by atoms with Crippen LogP contribution in [0.4, 0.5) is 0 Å². The first-order chi connectivity index (χ1) is 7.18. The van der Waals surface area contributed by atoms with Crippen LogP contribution in [-0.4, -0.2) is 32.1 Å². The highest BCUT2D eigenvalue weighted by molar-refractivity contribution is 14.1. The maximum Gasteiger partial charge on any atom is 0.164 e. The van der Waals surface area contributed by atoms with Gasteiger partial charge in [-0.2, -0.15) is 0 Å². The van der Waals surface area contributed by atoms with Crippen molar-refractivity contribution in [2.24, 2.45) is 0 Å². The number of hydrogen-bond donors (Lipinski definition) is 1. The van der Waals surface area contributed by atoms with Crippen LogP contribution in [0.2, 0.25) is 0 Å². The van der Waals surface area contributed by atoms with Gasteiger partial charge in [0, 0.05) is 0 Å². The highest BCUT2D eigenvalue weighted by Gasteiger charge is 1.98. The van der Waals surface area contributed by atoms with E-state index in [0.717, 1.165) is 22.6 Å². The summed E-state index contributed by atoms with van der Waals surface area (Å²) in [4.78, 5) is 2.22. The molecule has 0 atom stereocenters. The molecule has 0 spiro atoms. The third kappa shape index (κ3) is 6.17. The standard InChI is InChI=1S/C11H19IN2O/c1-14(2)8-4-3-7-13-9-10-5-6-11(12)15-10/h5-6,13H,3-4,7-9H2,1-2H3. The van der Waals surface area contributed by atoms with Crippen molar-refractivity contribution < 1.29 is 4.42 Å². The third-order valence-electron chi connectivity index (χ3n) is 2.14.